The van der Waals surface area contributed by atoms with E-state index in [2.05, 4.69) is 31.1 Å². The van der Waals surface area contributed by atoms with Gasteiger partial charge in [-0.3, -0.25) is 14.9 Å². The zero-order valence-corrected chi connectivity index (χ0v) is 12.6. The summed E-state index contributed by atoms with van der Waals surface area (Å²) >= 11 is 0. The predicted molar refractivity (Wildman–Crippen MR) is 83.8 cm³/mol. The average Bonchev–Trinajstić information content (AvgIpc) is 2.37. The van der Waals surface area contributed by atoms with Crippen LogP contribution in [0.25, 0.3) is 10.9 Å². The Morgan fingerprint density at radius 2 is 1.95 bits per heavy atom. The molecule has 1 aromatic carbocycles. The zero-order valence-electron chi connectivity index (χ0n) is 12.6. The van der Waals surface area contributed by atoms with Gasteiger partial charge in [0.15, 0.2) is 5.43 Å². The van der Waals surface area contributed by atoms with Crippen molar-refractivity contribution < 1.29 is 4.92 Å². The van der Waals surface area contributed by atoms with E-state index in [1.54, 1.807) is 6.07 Å². The normalized spacial score (nSPS) is 13.1. The average molecular weight is 289 g/mol. The number of aromatic amines is 1. The maximum Gasteiger partial charge on any atom is 0.270 e. The van der Waals surface area contributed by atoms with Gasteiger partial charge in [0.2, 0.25) is 0 Å². The molecule has 6 heteroatoms. The van der Waals surface area contributed by atoms with Crippen molar-refractivity contribution in [3.63, 3.8) is 0 Å². The summed E-state index contributed by atoms with van der Waals surface area (Å²) in [6, 6.07) is 5.83. The molecule has 21 heavy (non-hydrogen) atoms. The van der Waals surface area contributed by atoms with Gasteiger partial charge in [0.05, 0.1) is 15.8 Å². The molecule has 0 bridgehead atoms. The molecule has 2 N–H and O–H groups in total. The van der Waals surface area contributed by atoms with E-state index in [1.807, 2.05) is 6.92 Å². The lowest BCUT2D eigenvalue weighted by atomic mass is 9.88. The van der Waals surface area contributed by atoms with E-state index in [-0.39, 0.29) is 22.6 Å². The first-order valence-electron chi connectivity index (χ1n) is 6.76. The highest BCUT2D eigenvalue weighted by atomic mass is 16.6. The molecule has 0 aliphatic rings. The van der Waals surface area contributed by atoms with Crippen molar-refractivity contribution >= 4 is 22.4 Å². The molecule has 0 saturated carbocycles. The third-order valence-electron chi connectivity index (χ3n) is 3.70. The Kier molecular flexibility index (Phi) is 3.72. The highest BCUT2D eigenvalue weighted by Gasteiger charge is 2.20. The Balaban J connectivity index is 2.44. The molecule has 0 amide bonds. The molecule has 1 unspecified atom stereocenters. The number of anilines is 1. The number of hydrogen-bond acceptors (Lipinski definition) is 4. The number of non-ortho nitro benzene ring substituents is 1. The maximum absolute atomic E-state index is 12.1. The van der Waals surface area contributed by atoms with Crippen molar-refractivity contribution in [3.05, 3.63) is 44.6 Å². The van der Waals surface area contributed by atoms with Crippen LogP contribution in [0.3, 0.4) is 0 Å². The molecule has 6 nitrogen and oxygen atoms in total. The molecular weight excluding hydrogens is 270 g/mol. The summed E-state index contributed by atoms with van der Waals surface area (Å²) in [4.78, 5) is 25.5. The summed E-state index contributed by atoms with van der Waals surface area (Å²) in [5, 5.41) is 14.3. The SMILES string of the molecule is CC(Nc1cc(=O)c2cc([N+](=O)[O-])ccc2[nH]1)C(C)(C)C. The second kappa shape index (κ2) is 5.20. The van der Waals surface area contributed by atoms with E-state index in [0.717, 1.165) is 0 Å². The maximum atomic E-state index is 12.1. The fourth-order valence-corrected chi connectivity index (χ4v) is 1.88. The zero-order chi connectivity index (χ0) is 15.8. The van der Waals surface area contributed by atoms with Gasteiger partial charge in [0.25, 0.3) is 5.69 Å². The van der Waals surface area contributed by atoms with Gasteiger partial charge in [-0.15, -0.1) is 0 Å². The number of nitro benzene ring substituents is 1. The third kappa shape index (κ3) is 3.21. The van der Waals surface area contributed by atoms with Crippen LogP contribution in [0.2, 0.25) is 0 Å². The molecule has 112 valence electrons. The van der Waals surface area contributed by atoms with Crippen LogP contribution in [-0.2, 0) is 0 Å². The molecule has 0 aliphatic heterocycles. The molecule has 1 atom stereocenters. The van der Waals surface area contributed by atoms with E-state index >= 15 is 0 Å². The largest absolute Gasteiger partial charge is 0.369 e. The summed E-state index contributed by atoms with van der Waals surface area (Å²) in [6.07, 6.45) is 0. The Morgan fingerprint density at radius 1 is 1.29 bits per heavy atom. The van der Waals surface area contributed by atoms with Crippen LogP contribution in [0.5, 0.6) is 0 Å². The number of pyridine rings is 1. The Hall–Kier alpha value is -2.37. The van der Waals surface area contributed by atoms with Crippen molar-refractivity contribution in [2.45, 2.75) is 33.7 Å². The first kappa shape index (κ1) is 15.0. The van der Waals surface area contributed by atoms with E-state index in [0.29, 0.717) is 16.7 Å². The number of nitrogens with one attached hydrogen (secondary N) is 2. The number of rotatable bonds is 3. The molecule has 0 aliphatic carbocycles. The highest BCUT2D eigenvalue weighted by Crippen LogP contribution is 2.23. The molecule has 2 aromatic rings. The summed E-state index contributed by atoms with van der Waals surface area (Å²) in [7, 11) is 0. The van der Waals surface area contributed by atoms with Crippen LogP contribution in [-0.4, -0.2) is 15.9 Å². The quantitative estimate of drug-likeness (QED) is 0.670. The number of hydrogen-bond donors (Lipinski definition) is 2. The summed E-state index contributed by atoms with van der Waals surface area (Å²) in [6.45, 7) is 8.35. The number of benzene rings is 1. The molecule has 2 rings (SSSR count). The molecule has 0 saturated heterocycles. The van der Waals surface area contributed by atoms with Crippen LogP contribution < -0.4 is 10.7 Å². The van der Waals surface area contributed by atoms with Crippen LogP contribution in [0.1, 0.15) is 27.7 Å². The second-order valence-electron chi connectivity index (χ2n) is 6.27. The van der Waals surface area contributed by atoms with Crippen LogP contribution in [0.15, 0.2) is 29.1 Å². The van der Waals surface area contributed by atoms with E-state index in [9.17, 15) is 14.9 Å². The monoisotopic (exact) mass is 289 g/mol. The van der Waals surface area contributed by atoms with Gasteiger partial charge < -0.3 is 10.3 Å². The summed E-state index contributed by atoms with van der Waals surface area (Å²) in [5.74, 6) is 0.615. The lowest BCUT2D eigenvalue weighted by molar-refractivity contribution is -0.384. The van der Waals surface area contributed by atoms with Gasteiger partial charge in [-0.1, -0.05) is 20.8 Å². The van der Waals surface area contributed by atoms with Crippen molar-refractivity contribution in [2.75, 3.05) is 5.32 Å². The molecule has 1 heterocycles. The summed E-state index contributed by atoms with van der Waals surface area (Å²) < 4.78 is 0. The number of nitro groups is 1. The molecule has 0 fully saturated rings. The second-order valence-corrected chi connectivity index (χ2v) is 6.27. The van der Waals surface area contributed by atoms with E-state index < -0.39 is 4.92 Å². The molecule has 0 radical (unpaired) electrons. The third-order valence-corrected chi connectivity index (χ3v) is 3.70. The minimum atomic E-state index is -0.507. The van der Waals surface area contributed by atoms with Crippen LogP contribution in [0, 0.1) is 15.5 Å². The minimum absolute atomic E-state index is 0.0430. The summed E-state index contributed by atoms with van der Waals surface area (Å²) in [5.41, 5.74) is 0.297. The van der Waals surface area contributed by atoms with Gasteiger partial charge in [0, 0.05) is 24.2 Å². The Labute approximate surface area is 122 Å². The lowest BCUT2D eigenvalue weighted by Gasteiger charge is -2.28. The smallest absolute Gasteiger partial charge is 0.270 e. The fraction of sp³-hybridized carbons (Fsp3) is 0.400. The molecular formula is C15H19N3O3. The van der Waals surface area contributed by atoms with Crippen molar-refractivity contribution in [3.8, 4) is 0 Å². The van der Waals surface area contributed by atoms with Crippen molar-refractivity contribution in [1.29, 1.82) is 0 Å². The van der Waals surface area contributed by atoms with Gasteiger partial charge >= 0.3 is 0 Å². The first-order chi connectivity index (χ1) is 9.68. The Morgan fingerprint density at radius 3 is 2.52 bits per heavy atom. The van der Waals surface area contributed by atoms with Crippen LogP contribution in [0.4, 0.5) is 11.5 Å². The number of fused-ring (bicyclic) bond motifs is 1. The van der Waals surface area contributed by atoms with Crippen molar-refractivity contribution in [1.82, 2.24) is 4.98 Å². The fourth-order valence-electron chi connectivity index (χ4n) is 1.88. The van der Waals surface area contributed by atoms with E-state index in [4.69, 9.17) is 0 Å². The molecule has 1 aromatic heterocycles. The van der Waals surface area contributed by atoms with Gasteiger partial charge in [-0.2, -0.15) is 0 Å². The first-order valence-corrected chi connectivity index (χ1v) is 6.76. The Bertz CT molecular complexity index is 744. The minimum Gasteiger partial charge on any atom is -0.369 e. The lowest BCUT2D eigenvalue weighted by Crippen LogP contribution is -2.31. The number of aromatic nitrogens is 1. The van der Waals surface area contributed by atoms with Crippen LogP contribution >= 0.6 is 0 Å². The van der Waals surface area contributed by atoms with E-state index in [1.165, 1.54) is 18.2 Å². The van der Waals surface area contributed by atoms with Gasteiger partial charge in [-0.25, -0.2) is 0 Å². The van der Waals surface area contributed by atoms with Crippen molar-refractivity contribution in [2.24, 2.45) is 5.41 Å². The highest BCUT2D eigenvalue weighted by molar-refractivity contribution is 5.82. The standard InChI is InChI=1S/C15H19N3O3/c1-9(15(2,3)4)16-14-8-13(19)11-7-10(18(20)21)5-6-12(11)17-14/h5-9H,1-4H3,(H2,16,17,19). The van der Waals surface area contributed by atoms with Gasteiger partial charge in [-0.05, 0) is 18.4 Å². The number of nitrogens with zero attached hydrogens (tertiary/aromatic N) is 1. The predicted octanol–water partition coefficient (Wildman–Crippen LogP) is 3.28. The number of H-pyrrole nitrogens is 1. The molecule has 0 spiro atoms. The van der Waals surface area contributed by atoms with Gasteiger partial charge in [0.1, 0.15) is 5.82 Å². The topological polar surface area (TPSA) is 88.0 Å².